The van der Waals surface area contributed by atoms with Gasteiger partial charge in [-0.05, 0) is 44.7 Å². The van der Waals surface area contributed by atoms with Crippen LogP contribution < -0.4 is 4.90 Å². The molecule has 0 unspecified atom stereocenters. The van der Waals surface area contributed by atoms with E-state index in [2.05, 4.69) is 49.9 Å². The molecule has 1 aliphatic heterocycles. The monoisotopic (exact) mass is 217 g/mol. The third-order valence-corrected chi connectivity index (χ3v) is 3.70. The Balaban J connectivity index is 2.31. The summed E-state index contributed by atoms with van der Waals surface area (Å²) in [7, 11) is 0. The maximum atomic E-state index is 2.61. The lowest BCUT2D eigenvalue weighted by molar-refractivity contribution is 0.410. The number of nitrogens with zero attached hydrogens (tertiary/aromatic N) is 1. The molecular formula is C15H23N. The number of hydrogen-bond donors (Lipinski definition) is 0. The normalized spacial score (nSPS) is 16.1. The predicted molar refractivity (Wildman–Crippen MR) is 71.1 cm³/mol. The number of hydrogen-bond acceptors (Lipinski definition) is 1. The van der Waals surface area contributed by atoms with E-state index in [1.807, 2.05) is 0 Å². The quantitative estimate of drug-likeness (QED) is 0.739. The highest BCUT2D eigenvalue weighted by Gasteiger charge is 2.29. The molecule has 0 aromatic heterocycles. The molecule has 0 radical (unpaired) electrons. The van der Waals surface area contributed by atoms with Gasteiger partial charge in [0.1, 0.15) is 0 Å². The van der Waals surface area contributed by atoms with Crippen LogP contribution in [-0.4, -0.2) is 12.1 Å². The Morgan fingerprint density at radius 1 is 1.25 bits per heavy atom. The molecule has 16 heavy (non-hydrogen) atoms. The van der Waals surface area contributed by atoms with E-state index in [-0.39, 0.29) is 0 Å². The Morgan fingerprint density at radius 3 is 2.75 bits per heavy atom. The van der Waals surface area contributed by atoms with Crippen molar-refractivity contribution in [2.24, 2.45) is 0 Å². The highest BCUT2D eigenvalue weighted by Crippen LogP contribution is 2.34. The summed E-state index contributed by atoms with van der Waals surface area (Å²) in [5.41, 5.74) is 3.29. The van der Waals surface area contributed by atoms with Crippen molar-refractivity contribution in [1.29, 1.82) is 0 Å². The van der Waals surface area contributed by atoms with Gasteiger partial charge in [-0.15, -0.1) is 0 Å². The van der Waals surface area contributed by atoms with E-state index in [1.54, 1.807) is 0 Å². The molecule has 1 aromatic rings. The van der Waals surface area contributed by atoms with Gasteiger partial charge >= 0.3 is 0 Å². The highest BCUT2D eigenvalue weighted by atomic mass is 15.2. The van der Waals surface area contributed by atoms with Gasteiger partial charge in [-0.3, -0.25) is 0 Å². The lowest BCUT2D eigenvalue weighted by Crippen LogP contribution is -2.46. The minimum atomic E-state index is 0.297. The fraction of sp³-hybridized carbons (Fsp3) is 0.600. The van der Waals surface area contributed by atoms with Crippen LogP contribution in [0.2, 0.25) is 0 Å². The van der Waals surface area contributed by atoms with Crippen molar-refractivity contribution in [3.05, 3.63) is 29.8 Å². The summed E-state index contributed by atoms with van der Waals surface area (Å²) in [5.74, 6) is 0. The van der Waals surface area contributed by atoms with Crippen molar-refractivity contribution in [2.75, 3.05) is 11.4 Å². The van der Waals surface area contributed by atoms with Gasteiger partial charge in [-0.2, -0.15) is 0 Å². The van der Waals surface area contributed by atoms with Crippen LogP contribution in [0.1, 0.15) is 45.6 Å². The van der Waals surface area contributed by atoms with Crippen molar-refractivity contribution < 1.29 is 0 Å². The van der Waals surface area contributed by atoms with Crippen LogP contribution in [0.4, 0.5) is 5.69 Å². The molecule has 0 spiro atoms. The zero-order valence-corrected chi connectivity index (χ0v) is 10.8. The molecule has 1 aliphatic rings. The molecule has 0 saturated heterocycles. The summed E-state index contributed by atoms with van der Waals surface area (Å²) in [6.45, 7) is 8.23. The molecular weight excluding hydrogens is 194 g/mol. The van der Waals surface area contributed by atoms with Crippen molar-refractivity contribution >= 4 is 5.69 Å². The summed E-state index contributed by atoms with van der Waals surface area (Å²) in [6.07, 6.45) is 5.06. The molecule has 1 aromatic carbocycles. The Morgan fingerprint density at radius 2 is 2.00 bits per heavy atom. The van der Waals surface area contributed by atoms with E-state index in [1.165, 1.54) is 43.5 Å². The molecule has 0 amide bonds. The molecule has 0 N–H and O–H groups in total. The van der Waals surface area contributed by atoms with Gasteiger partial charge in [0.2, 0.25) is 0 Å². The van der Waals surface area contributed by atoms with Gasteiger partial charge in [0.05, 0.1) is 0 Å². The fourth-order valence-electron chi connectivity index (χ4n) is 2.91. The molecule has 0 aliphatic carbocycles. The second-order valence-corrected chi connectivity index (χ2v) is 5.45. The van der Waals surface area contributed by atoms with Crippen LogP contribution in [0, 0.1) is 0 Å². The fourth-order valence-corrected chi connectivity index (χ4v) is 2.91. The predicted octanol–water partition coefficient (Wildman–Crippen LogP) is 4.02. The van der Waals surface area contributed by atoms with Crippen LogP contribution in [0.25, 0.3) is 0 Å². The van der Waals surface area contributed by atoms with Gasteiger partial charge in [-0.25, -0.2) is 0 Å². The number of benzene rings is 1. The molecule has 0 bridgehead atoms. The topological polar surface area (TPSA) is 3.24 Å². The zero-order chi connectivity index (χ0) is 11.6. The minimum Gasteiger partial charge on any atom is -0.366 e. The average Bonchev–Trinajstić information content (AvgIpc) is 2.28. The Hall–Kier alpha value is -0.980. The zero-order valence-electron chi connectivity index (χ0n) is 10.8. The summed E-state index contributed by atoms with van der Waals surface area (Å²) < 4.78 is 0. The smallest absolute Gasteiger partial charge is 0.0403 e. The first-order valence-corrected chi connectivity index (χ1v) is 6.51. The average molecular weight is 217 g/mol. The van der Waals surface area contributed by atoms with Crippen molar-refractivity contribution in [2.45, 2.75) is 52.0 Å². The number of rotatable bonds is 3. The van der Waals surface area contributed by atoms with Gasteiger partial charge in [-0.1, -0.05) is 31.5 Å². The number of anilines is 1. The Labute approximate surface area is 99.5 Å². The highest BCUT2D eigenvalue weighted by molar-refractivity contribution is 5.57. The van der Waals surface area contributed by atoms with E-state index >= 15 is 0 Å². The summed E-state index contributed by atoms with van der Waals surface area (Å²) in [4.78, 5) is 2.61. The SMILES string of the molecule is CCCC(C)(C)N1CCCc2ccccc21. The summed E-state index contributed by atoms with van der Waals surface area (Å²) in [5, 5.41) is 0. The van der Waals surface area contributed by atoms with Crippen LogP contribution in [0.15, 0.2) is 24.3 Å². The maximum Gasteiger partial charge on any atom is 0.0403 e. The van der Waals surface area contributed by atoms with Gasteiger partial charge in [0.15, 0.2) is 0 Å². The molecule has 88 valence electrons. The van der Waals surface area contributed by atoms with Crippen LogP contribution in [0.3, 0.4) is 0 Å². The van der Waals surface area contributed by atoms with E-state index in [4.69, 9.17) is 0 Å². The largest absolute Gasteiger partial charge is 0.366 e. The second kappa shape index (κ2) is 4.48. The van der Waals surface area contributed by atoms with Crippen molar-refractivity contribution in [3.8, 4) is 0 Å². The molecule has 0 fully saturated rings. The van der Waals surface area contributed by atoms with Crippen molar-refractivity contribution in [1.82, 2.24) is 0 Å². The number of aryl methyl sites for hydroxylation is 1. The first-order chi connectivity index (χ1) is 7.65. The summed E-state index contributed by atoms with van der Waals surface area (Å²) in [6, 6.07) is 8.89. The number of fused-ring (bicyclic) bond motifs is 1. The first kappa shape index (κ1) is 11.5. The maximum absolute atomic E-state index is 2.61. The van der Waals surface area contributed by atoms with Crippen LogP contribution in [-0.2, 0) is 6.42 Å². The molecule has 1 heteroatoms. The second-order valence-electron chi connectivity index (χ2n) is 5.45. The summed E-state index contributed by atoms with van der Waals surface area (Å²) >= 11 is 0. The van der Waals surface area contributed by atoms with E-state index in [9.17, 15) is 0 Å². The lowest BCUT2D eigenvalue weighted by atomic mass is 9.91. The molecule has 0 saturated carbocycles. The molecule has 0 atom stereocenters. The number of para-hydroxylation sites is 1. The van der Waals surface area contributed by atoms with E-state index in [0.29, 0.717) is 5.54 Å². The third-order valence-electron chi connectivity index (χ3n) is 3.70. The minimum absolute atomic E-state index is 0.297. The lowest BCUT2D eigenvalue weighted by Gasteiger charge is -2.44. The molecule has 2 rings (SSSR count). The van der Waals surface area contributed by atoms with Crippen molar-refractivity contribution in [3.63, 3.8) is 0 Å². The first-order valence-electron chi connectivity index (χ1n) is 6.51. The molecule has 1 nitrogen and oxygen atoms in total. The molecule has 1 heterocycles. The van der Waals surface area contributed by atoms with Crippen LogP contribution in [0.5, 0.6) is 0 Å². The van der Waals surface area contributed by atoms with Gasteiger partial charge in [0.25, 0.3) is 0 Å². The van der Waals surface area contributed by atoms with E-state index < -0.39 is 0 Å². The third kappa shape index (κ3) is 2.09. The Bertz CT molecular complexity index is 354. The van der Waals surface area contributed by atoms with Crippen LogP contribution >= 0.6 is 0 Å². The standard InChI is InChI=1S/C15H23N/c1-4-11-15(2,3)16-12-7-9-13-8-5-6-10-14(13)16/h5-6,8,10H,4,7,9,11-12H2,1-3H3. The Kier molecular flexibility index (Phi) is 3.22. The van der Waals surface area contributed by atoms with Gasteiger partial charge < -0.3 is 4.90 Å². The van der Waals surface area contributed by atoms with Gasteiger partial charge in [0, 0.05) is 17.8 Å². The van der Waals surface area contributed by atoms with E-state index in [0.717, 1.165) is 0 Å².